The zero-order chi connectivity index (χ0) is 18.4. The number of nitrogens with one attached hydrogen (secondary N) is 1. The van der Waals surface area contributed by atoms with Crippen LogP contribution in [-0.4, -0.2) is 27.3 Å². The van der Waals surface area contributed by atoms with Crippen molar-refractivity contribution in [3.63, 3.8) is 0 Å². The number of aromatic nitrogens is 2. The molecule has 0 atom stereocenters. The molecule has 0 aliphatic heterocycles. The van der Waals surface area contributed by atoms with Crippen LogP contribution in [0.15, 0.2) is 29.1 Å². The third-order valence-corrected chi connectivity index (χ3v) is 3.76. The Balaban J connectivity index is 2.28. The van der Waals surface area contributed by atoms with Gasteiger partial charge in [0.25, 0.3) is 11.2 Å². The number of nitrogens with zero attached hydrogens (tertiary/aromatic N) is 2. The quantitative estimate of drug-likeness (QED) is 0.447. The van der Waals surface area contributed by atoms with E-state index in [0.717, 1.165) is 17.7 Å². The SMILES string of the molecule is CCCc1[nH]n(CC(=O)OCC)c(=O)c1Cc1ccc([N+](=O)[O-])cc1. The normalized spacial score (nSPS) is 10.6. The molecule has 0 aliphatic rings. The summed E-state index contributed by atoms with van der Waals surface area (Å²) in [6, 6.07) is 6.10. The van der Waals surface area contributed by atoms with Crippen LogP contribution in [0.25, 0.3) is 0 Å². The molecule has 25 heavy (non-hydrogen) atoms. The number of hydrogen-bond acceptors (Lipinski definition) is 5. The predicted molar refractivity (Wildman–Crippen MR) is 91.6 cm³/mol. The lowest BCUT2D eigenvalue weighted by atomic mass is 10.0. The summed E-state index contributed by atoms with van der Waals surface area (Å²) in [7, 11) is 0. The van der Waals surface area contributed by atoms with E-state index >= 15 is 0 Å². The van der Waals surface area contributed by atoms with Crippen molar-refractivity contribution in [2.45, 2.75) is 39.7 Å². The summed E-state index contributed by atoms with van der Waals surface area (Å²) in [6.07, 6.45) is 1.86. The number of nitro groups is 1. The molecule has 0 bridgehead atoms. The van der Waals surface area contributed by atoms with E-state index in [1.165, 1.54) is 16.8 Å². The van der Waals surface area contributed by atoms with Gasteiger partial charge in [-0.2, -0.15) is 0 Å². The molecule has 1 heterocycles. The summed E-state index contributed by atoms with van der Waals surface area (Å²) in [4.78, 5) is 34.5. The molecule has 0 aliphatic carbocycles. The zero-order valence-electron chi connectivity index (χ0n) is 14.3. The molecule has 2 aromatic rings. The Morgan fingerprint density at radius 1 is 1.28 bits per heavy atom. The average Bonchev–Trinajstić information content (AvgIpc) is 2.85. The fraction of sp³-hybridized carbons (Fsp3) is 0.412. The van der Waals surface area contributed by atoms with E-state index in [1.54, 1.807) is 19.1 Å². The summed E-state index contributed by atoms with van der Waals surface area (Å²) in [5.74, 6) is -0.476. The van der Waals surface area contributed by atoms with Gasteiger partial charge in [0.2, 0.25) is 0 Å². The van der Waals surface area contributed by atoms with E-state index in [4.69, 9.17) is 4.74 Å². The molecule has 0 unspecified atom stereocenters. The molecule has 0 saturated carbocycles. The van der Waals surface area contributed by atoms with Gasteiger partial charge in [0.1, 0.15) is 6.54 Å². The van der Waals surface area contributed by atoms with Crippen LogP contribution < -0.4 is 5.56 Å². The van der Waals surface area contributed by atoms with Crippen LogP contribution in [0.3, 0.4) is 0 Å². The lowest BCUT2D eigenvalue weighted by molar-refractivity contribution is -0.384. The molecular weight excluding hydrogens is 326 g/mol. The third-order valence-electron chi connectivity index (χ3n) is 3.76. The first-order valence-corrected chi connectivity index (χ1v) is 8.15. The highest BCUT2D eigenvalue weighted by Crippen LogP contribution is 2.16. The van der Waals surface area contributed by atoms with Crippen molar-refractivity contribution in [2.75, 3.05) is 6.61 Å². The maximum Gasteiger partial charge on any atom is 0.327 e. The highest BCUT2D eigenvalue weighted by atomic mass is 16.6. The van der Waals surface area contributed by atoms with Gasteiger partial charge in [-0.1, -0.05) is 25.5 Å². The Hall–Kier alpha value is -2.90. The van der Waals surface area contributed by atoms with Crippen molar-refractivity contribution in [3.05, 3.63) is 61.6 Å². The largest absolute Gasteiger partial charge is 0.465 e. The van der Waals surface area contributed by atoms with E-state index in [1.807, 2.05) is 6.92 Å². The number of nitro benzene ring substituents is 1. The molecule has 134 valence electrons. The number of carbonyl (C=O) groups excluding carboxylic acids is 1. The minimum Gasteiger partial charge on any atom is -0.465 e. The Morgan fingerprint density at radius 2 is 1.96 bits per heavy atom. The highest BCUT2D eigenvalue weighted by Gasteiger charge is 2.17. The first-order valence-electron chi connectivity index (χ1n) is 8.15. The molecule has 0 saturated heterocycles. The first kappa shape index (κ1) is 18.4. The van der Waals surface area contributed by atoms with Crippen molar-refractivity contribution in [1.82, 2.24) is 9.78 Å². The van der Waals surface area contributed by atoms with Crippen molar-refractivity contribution >= 4 is 11.7 Å². The van der Waals surface area contributed by atoms with Crippen LogP contribution in [0.4, 0.5) is 5.69 Å². The maximum atomic E-state index is 12.6. The van der Waals surface area contributed by atoms with E-state index in [-0.39, 0.29) is 24.4 Å². The Bertz CT molecular complexity index is 805. The number of esters is 1. The number of hydrogen-bond donors (Lipinski definition) is 1. The fourth-order valence-corrected chi connectivity index (χ4v) is 2.60. The molecule has 1 aromatic carbocycles. The van der Waals surface area contributed by atoms with Crippen LogP contribution in [0.1, 0.15) is 37.1 Å². The molecule has 8 heteroatoms. The number of aryl methyl sites for hydroxylation is 1. The monoisotopic (exact) mass is 347 g/mol. The lowest BCUT2D eigenvalue weighted by Crippen LogP contribution is -2.24. The van der Waals surface area contributed by atoms with E-state index < -0.39 is 10.9 Å². The second kappa shape index (κ2) is 8.27. The second-order valence-corrected chi connectivity index (χ2v) is 5.62. The van der Waals surface area contributed by atoms with Crippen LogP contribution in [-0.2, 0) is 28.9 Å². The van der Waals surface area contributed by atoms with Gasteiger partial charge >= 0.3 is 5.97 Å². The number of carbonyl (C=O) groups is 1. The predicted octanol–water partition coefficient (Wildman–Crippen LogP) is 2.19. The molecule has 0 spiro atoms. The van der Waals surface area contributed by atoms with Crippen LogP contribution in [0.2, 0.25) is 0 Å². The molecule has 0 amide bonds. The van der Waals surface area contributed by atoms with Gasteiger partial charge in [0.05, 0.1) is 11.5 Å². The van der Waals surface area contributed by atoms with Crippen molar-refractivity contribution in [1.29, 1.82) is 0 Å². The Kier molecular flexibility index (Phi) is 6.10. The van der Waals surface area contributed by atoms with Gasteiger partial charge in [-0.15, -0.1) is 0 Å². The standard InChI is InChI=1S/C17H21N3O5/c1-3-5-15-14(10-12-6-8-13(9-7-12)20(23)24)17(22)19(18-15)11-16(21)25-4-2/h6-9,18H,3-5,10-11H2,1-2H3. The van der Waals surface area contributed by atoms with Crippen molar-refractivity contribution in [2.24, 2.45) is 0 Å². The molecule has 1 aromatic heterocycles. The molecule has 8 nitrogen and oxygen atoms in total. The summed E-state index contributed by atoms with van der Waals surface area (Å²) in [5.41, 5.74) is 1.87. The van der Waals surface area contributed by atoms with Crippen LogP contribution in [0.5, 0.6) is 0 Å². The van der Waals surface area contributed by atoms with Gasteiger partial charge in [0, 0.05) is 29.8 Å². The Labute approximate surface area is 144 Å². The summed E-state index contributed by atoms with van der Waals surface area (Å²) >= 11 is 0. The van der Waals surface area contributed by atoms with Gasteiger partial charge < -0.3 is 4.74 Å². The third kappa shape index (κ3) is 4.56. The smallest absolute Gasteiger partial charge is 0.327 e. The highest BCUT2D eigenvalue weighted by molar-refractivity contribution is 5.69. The zero-order valence-corrected chi connectivity index (χ0v) is 14.3. The topological polar surface area (TPSA) is 107 Å². The van der Waals surface area contributed by atoms with Crippen LogP contribution >= 0.6 is 0 Å². The summed E-state index contributed by atoms with van der Waals surface area (Å²) in [5, 5.41) is 13.7. The first-order chi connectivity index (χ1) is 12.0. The number of aromatic amines is 1. The maximum absolute atomic E-state index is 12.6. The van der Waals surface area contributed by atoms with E-state index in [2.05, 4.69) is 5.10 Å². The lowest BCUT2D eigenvalue weighted by Gasteiger charge is -2.02. The average molecular weight is 347 g/mol. The number of H-pyrrole nitrogens is 1. The molecule has 0 radical (unpaired) electrons. The Morgan fingerprint density at radius 3 is 2.52 bits per heavy atom. The van der Waals surface area contributed by atoms with E-state index in [9.17, 15) is 19.7 Å². The molecule has 1 N–H and O–H groups in total. The van der Waals surface area contributed by atoms with Crippen molar-refractivity contribution < 1.29 is 14.5 Å². The summed E-state index contributed by atoms with van der Waals surface area (Å²) in [6.45, 7) is 3.80. The molecule has 0 fully saturated rings. The number of benzene rings is 1. The van der Waals surface area contributed by atoms with Crippen molar-refractivity contribution in [3.8, 4) is 0 Å². The molecule has 2 rings (SSSR count). The van der Waals surface area contributed by atoms with Crippen LogP contribution in [0, 0.1) is 10.1 Å². The number of rotatable bonds is 8. The van der Waals surface area contributed by atoms with Gasteiger partial charge in [0.15, 0.2) is 0 Å². The minimum atomic E-state index is -0.476. The van der Waals surface area contributed by atoms with Gasteiger partial charge in [-0.05, 0) is 18.9 Å². The number of non-ortho nitro benzene ring substituents is 1. The minimum absolute atomic E-state index is 0.00585. The summed E-state index contributed by atoms with van der Waals surface area (Å²) < 4.78 is 6.13. The van der Waals surface area contributed by atoms with E-state index in [0.29, 0.717) is 18.4 Å². The van der Waals surface area contributed by atoms with Gasteiger partial charge in [-0.3, -0.25) is 24.8 Å². The second-order valence-electron chi connectivity index (χ2n) is 5.62. The molecular formula is C17H21N3O5. The number of ether oxygens (including phenoxy) is 1. The van der Waals surface area contributed by atoms with Gasteiger partial charge in [-0.25, -0.2) is 4.68 Å². The fourth-order valence-electron chi connectivity index (χ4n) is 2.60.